The van der Waals surface area contributed by atoms with Crippen LogP contribution in [0.1, 0.15) is 39.1 Å². The van der Waals surface area contributed by atoms with Crippen molar-refractivity contribution < 1.29 is 14.4 Å². The van der Waals surface area contributed by atoms with Crippen LogP contribution >= 0.6 is 22.9 Å². The minimum Gasteiger partial charge on any atom is -0.352 e. The number of amides is 3. The van der Waals surface area contributed by atoms with Gasteiger partial charge >= 0.3 is 0 Å². The Morgan fingerprint density at radius 2 is 1.71 bits per heavy atom. The first-order valence-electron chi connectivity index (χ1n) is 9.52. The molecule has 31 heavy (non-hydrogen) atoms. The molecular weight excluding hydrogens is 438 g/mol. The highest BCUT2D eigenvalue weighted by molar-refractivity contribution is 7.15. The third kappa shape index (κ3) is 6.34. The normalized spacial score (nSPS) is 10.4. The molecule has 3 aromatic rings. The predicted octanol–water partition coefficient (Wildman–Crippen LogP) is 3.76. The number of nitrogens with zero attached hydrogens (tertiary/aromatic N) is 2. The minimum atomic E-state index is -0.330. The molecule has 3 N–H and O–H groups in total. The molecule has 3 amide bonds. The smallest absolute Gasteiger partial charge is 0.257 e. The minimum absolute atomic E-state index is 0.0957. The largest absolute Gasteiger partial charge is 0.352 e. The maximum Gasteiger partial charge on any atom is 0.257 e. The molecule has 10 heteroatoms. The van der Waals surface area contributed by atoms with Gasteiger partial charge in [-0.2, -0.15) is 0 Å². The Morgan fingerprint density at radius 1 is 0.968 bits per heavy atom. The van der Waals surface area contributed by atoms with Crippen LogP contribution in [-0.4, -0.2) is 34.5 Å². The molecule has 2 aromatic carbocycles. The number of hydrogen-bond acceptors (Lipinski definition) is 6. The molecule has 8 nitrogen and oxygen atoms in total. The Bertz CT molecular complexity index is 1080. The van der Waals surface area contributed by atoms with Gasteiger partial charge in [0, 0.05) is 30.6 Å². The summed E-state index contributed by atoms with van der Waals surface area (Å²) in [7, 11) is 0. The Balaban J connectivity index is 1.49. The van der Waals surface area contributed by atoms with Gasteiger partial charge in [0.1, 0.15) is 5.01 Å². The van der Waals surface area contributed by atoms with Gasteiger partial charge in [0.05, 0.1) is 10.6 Å². The highest BCUT2D eigenvalue weighted by Crippen LogP contribution is 2.18. The molecule has 1 aromatic heterocycles. The zero-order valence-corrected chi connectivity index (χ0v) is 18.2. The fourth-order valence-corrected chi connectivity index (χ4v) is 3.51. The van der Waals surface area contributed by atoms with E-state index in [0.717, 1.165) is 0 Å². The predicted molar refractivity (Wildman–Crippen MR) is 121 cm³/mol. The average Bonchev–Trinajstić information content (AvgIpc) is 3.21. The van der Waals surface area contributed by atoms with Crippen molar-refractivity contribution in [1.29, 1.82) is 0 Å². The molecule has 0 spiro atoms. The summed E-state index contributed by atoms with van der Waals surface area (Å²) in [4.78, 5) is 35.9. The van der Waals surface area contributed by atoms with Crippen LogP contribution in [0.15, 0.2) is 48.5 Å². The van der Waals surface area contributed by atoms with Crippen LogP contribution in [0, 0.1) is 0 Å². The highest BCUT2D eigenvalue weighted by Gasteiger charge is 2.12. The topological polar surface area (TPSA) is 113 Å². The maximum absolute atomic E-state index is 12.4. The fourth-order valence-electron chi connectivity index (χ4n) is 2.55. The standard InChI is InChI=1S/C21H20ClN5O3S/c1-2-17(28)24-14-9-7-13(8-10-14)19(29)25-21-27-26-18(31-21)11-12-23-20(30)15-5-3-4-6-16(15)22/h3-10H,2,11-12H2,1H3,(H,23,30)(H,24,28)(H,25,27,29). The van der Waals surface area contributed by atoms with Crippen molar-refractivity contribution in [2.45, 2.75) is 19.8 Å². The molecule has 0 radical (unpaired) electrons. The lowest BCUT2D eigenvalue weighted by Gasteiger charge is -2.05. The van der Waals surface area contributed by atoms with Gasteiger partial charge in [0.25, 0.3) is 11.8 Å². The molecule has 0 atom stereocenters. The lowest BCUT2D eigenvalue weighted by atomic mass is 10.2. The Hall–Kier alpha value is -3.30. The average molecular weight is 458 g/mol. The fraction of sp³-hybridized carbons (Fsp3) is 0.190. The number of benzene rings is 2. The highest BCUT2D eigenvalue weighted by atomic mass is 35.5. The van der Waals surface area contributed by atoms with Gasteiger partial charge in [-0.25, -0.2) is 0 Å². The first-order valence-corrected chi connectivity index (χ1v) is 10.7. The van der Waals surface area contributed by atoms with E-state index in [0.29, 0.717) is 51.4 Å². The number of carbonyl (C=O) groups excluding carboxylic acids is 3. The summed E-state index contributed by atoms with van der Waals surface area (Å²) in [6, 6.07) is 13.4. The van der Waals surface area contributed by atoms with E-state index in [9.17, 15) is 14.4 Å². The van der Waals surface area contributed by atoms with Crippen LogP contribution in [-0.2, 0) is 11.2 Å². The first kappa shape index (κ1) is 22.4. The van der Waals surface area contributed by atoms with Crippen LogP contribution in [0.4, 0.5) is 10.8 Å². The second-order valence-corrected chi connectivity index (χ2v) is 7.89. The second kappa shape index (κ2) is 10.6. The summed E-state index contributed by atoms with van der Waals surface area (Å²) < 4.78 is 0. The molecule has 1 heterocycles. The zero-order valence-electron chi connectivity index (χ0n) is 16.6. The summed E-state index contributed by atoms with van der Waals surface area (Å²) in [5.41, 5.74) is 1.47. The molecule has 0 aliphatic carbocycles. The summed E-state index contributed by atoms with van der Waals surface area (Å²) in [5, 5.41) is 17.6. The molecule has 0 aliphatic rings. The Kier molecular flexibility index (Phi) is 7.69. The van der Waals surface area contributed by atoms with Gasteiger partial charge < -0.3 is 10.6 Å². The maximum atomic E-state index is 12.4. The van der Waals surface area contributed by atoms with Gasteiger partial charge in [0.15, 0.2) is 0 Å². The zero-order chi connectivity index (χ0) is 22.2. The van der Waals surface area contributed by atoms with Crippen molar-refractivity contribution in [3.05, 3.63) is 69.7 Å². The molecule has 160 valence electrons. The summed E-state index contributed by atoms with van der Waals surface area (Å²) in [6.07, 6.45) is 0.848. The van der Waals surface area contributed by atoms with E-state index in [2.05, 4.69) is 26.1 Å². The molecule has 0 saturated heterocycles. The van der Waals surface area contributed by atoms with Crippen LogP contribution in [0.2, 0.25) is 5.02 Å². The van der Waals surface area contributed by atoms with Gasteiger partial charge in [0.2, 0.25) is 11.0 Å². The van der Waals surface area contributed by atoms with E-state index >= 15 is 0 Å². The lowest BCUT2D eigenvalue weighted by molar-refractivity contribution is -0.115. The number of aromatic nitrogens is 2. The van der Waals surface area contributed by atoms with E-state index in [1.54, 1.807) is 55.5 Å². The summed E-state index contributed by atoms with van der Waals surface area (Å²) >= 11 is 7.25. The second-order valence-electron chi connectivity index (χ2n) is 6.42. The third-order valence-corrected chi connectivity index (χ3v) is 5.41. The molecule has 0 bridgehead atoms. The quantitative estimate of drug-likeness (QED) is 0.476. The Labute approximate surface area is 188 Å². The van der Waals surface area contributed by atoms with E-state index in [-0.39, 0.29) is 17.7 Å². The van der Waals surface area contributed by atoms with Crippen molar-refractivity contribution >= 4 is 51.5 Å². The lowest BCUT2D eigenvalue weighted by Crippen LogP contribution is -2.25. The monoisotopic (exact) mass is 457 g/mol. The molecule has 0 saturated carbocycles. The molecule has 0 aliphatic heterocycles. The molecule has 0 fully saturated rings. The number of nitrogens with one attached hydrogen (secondary N) is 3. The van der Waals surface area contributed by atoms with Crippen molar-refractivity contribution in [1.82, 2.24) is 15.5 Å². The molecule has 3 rings (SSSR count). The first-order chi connectivity index (χ1) is 15.0. The number of hydrogen-bond donors (Lipinski definition) is 3. The third-order valence-electron chi connectivity index (χ3n) is 4.18. The van der Waals surface area contributed by atoms with Crippen LogP contribution in [0.25, 0.3) is 0 Å². The van der Waals surface area contributed by atoms with Crippen molar-refractivity contribution in [2.75, 3.05) is 17.2 Å². The van der Waals surface area contributed by atoms with Crippen molar-refractivity contribution in [3.8, 4) is 0 Å². The Morgan fingerprint density at radius 3 is 2.42 bits per heavy atom. The van der Waals surface area contributed by atoms with Crippen LogP contribution in [0.5, 0.6) is 0 Å². The van der Waals surface area contributed by atoms with Gasteiger partial charge in [-0.3, -0.25) is 19.7 Å². The molecule has 0 unspecified atom stereocenters. The van der Waals surface area contributed by atoms with E-state index in [1.807, 2.05) is 0 Å². The van der Waals surface area contributed by atoms with Crippen LogP contribution in [0.3, 0.4) is 0 Å². The summed E-state index contributed by atoms with van der Waals surface area (Å²) in [5.74, 6) is -0.688. The number of halogens is 1. The van der Waals surface area contributed by atoms with Crippen molar-refractivity contribution in [3.63, 3.8) is 0 Å². The molecular formula is C21H20ClN5O3S. The summed E-state index contributed by atoms with van der Waals surface area (Å²) in [6.45, 7) is 2.12. The van der Waals surface area contributed by atoms with E-state index in [1.165, 1.54) is 11.3 Å². The van der Waals surface area contributed by atoms with Gasteiger partial charge in [-0.1, -0.05) is 42.0 Å². The van der Waals surface area contributed by atoms with Crippen LogP contribution < -0.4 is 16.0 Å². The van der Waals surface area contributed by atoms with Gasteiger partial charge in [-0.15, -0.1) is 10.2 Å². The number of carbonyl (C=O) groups is 3. The van der Waals surface area contributed by atoms with Crippen molar-refractivity contribution in [2.24, 2.45) is 0 Å². The number of rotatable bonds is 8. The van der Waals surface area contributed by atoms with E-state index < -0.39 is 0 Å². The number of anilines is 2. The SMILES string of the molecule is CCC(=O)Nc1ccc(C(=O)Nc2nnc(CCNC(=O)c3ccccc3Cl)s2)cc1. The van der Waals surface area contributed by atoms with E-state index in [4.69, 9.17) is 11.6 Å². The van der Waals surface area contributed by atoms with Gasteiger partial charge in [-0.05, 0) is 36.4 Å².